The Balaban J connectivity index is 1.85. The first-order chi connectivity index (χ1) is 10.6. The van der Waals surface area contributed by atoms with Crippen LogP contribution in [0.15, 0.2) is 42.5 Å². The molecule has 0 radical (unpaired) electrons. The monoisotopic (exact) mass is 297 g/mol. The van der Waals surface area contributed by atoms with Gasteiger partial charge in [-0.15, -0.1) is 0 Å². The summed E-state index contributed by atoms with van der Waals surface area (Å²) in [5.41, 5.74) is 5.48. The van der Waals surface area contributed by atoms with E-state index < -0.39 is 0 Å². The van der Waals surface area contributed by atoms with Crippen LogP contribution in [0.3, 0.4) is 0 Å². The molecule has 0 heterocycles. The summed E-state index contributed by atoms with van der Waals surface area (Å²) in [6.07, 6.45) is 1.22. The Morgan fingerprint density at radius 1 is 1.05 bits per heavy atom. The van der Waals surface area contributed by atoms with Crippen molar-refractivity contribution in [2.75, 3.05) is 0 Å². The summed E-state index contributed by atoms with van der Waals surface area (Å²) in [5.74, 6) is 0.0342. The van der Waals surface area contributed by atoms with Crippen LogP contribution in [0.1, 0.15) is 34.2 Å². The molecule has 0 atom stereocenters. The van der Waals surface area contributed by atoms with Crippen molar-refractivity contribution in [1.82, 2.24) is 5.32 Å². The molecule has 0 saturated carbocycles. The molecule has 1 amide bonds. The zero-order valence-corrected chi connectivity index (χ0v) is 13.2. The molecule has 0 unspecified atom stereocenters. The molecule has 3 heteroatoms. The molecule has 2 aromatic carbocycles. The summed E-state index contributed by atoms with van der Waals surface area (Å²) in [6, 6.07) is 14.0. The summed E-state index contributed by atoms with van der Waals surface area (Å²) in [6.45, 7) is 4.60. The maximum absolute atomic E-state index is 12.0. The maximum Gasteiger partial charge on any atom is 0.220 e. The molecule has 0 fully saturated rings. The van der Waals surface area contributed by atoms with Gasteiger partial charge in [-0.25, -0.2) is 0 Å². The molecule has 22 heavy (non-hydrogen) atoms. The van der Waals surface area contributed by atoms with Gasteiger partial charge in [-0.1, -0.05) is 53.6 Å². The first-order valence-corrected chi connectivity index (χ1v) is 7.60. The molecule has 0 aliphatic heterocycles. The molecule has 0 aliphatic carbocycles. The summed E-state index contributed by atoms with van der Waals surface area (Å²) >= 11 is 0. The number of hydrogen-bond donors (Lipinski definition) is 2. The van der Waals surface area contributed by atoms with Crippen LogP contribution in [0.4, 0.5) is 0 Å². The molecule has 2 rings (SSSR count). The van der Waals surface area contributed by atoms with E-state index >= 15 is 0 Å². The van der Waals surface area contributed by atoms with Crippen LogP contribution >= 0.6 is 0 Å². The highest BCUT2D eigenvalue weighted by Crippen LogP contribution is 2.11. The molecule has 2 aromatic rings. The second-order valence-electron chi connectivity index (χ2n) is 5.70. The van der Waals surface area contributed by atoms with E-state index in [-0.39, 0.29) is 12.5 Å². The van der Waals surface area contributed by atoms with E-state index in [0.717, 1.165) is 17.5 Å². The molecular formula is C19H23NO2. The Morgan fingerprint density at radius 3 is 2.32 bits per heavy atom. The van der Waals surface area contributed by atoms with Crippen molar-refractivity contribution in [3.05, 3.63) is 70.3 Å². The lowest BCUT2D eigenvalue weighted by Crippen LogP contribution is -2.23. The second-order valence-corrected chi connectivity index (χ2v) is 5.70. The van der Waals surface area contributed by atoms with Gasteiger partial charge in [0.15, 0.2) is 0 Å². The topological polar surface area (TPSA) is 49.3 Å². The Morgan fingerprint density at radius 2 is 1.68 bits per heavy atom. The molecule has 3 nitrogen and oxygen atoms in total. The van der Waals surface area contributed by atoms with Gasteiger partial charge in [0.1, 0.15) is 0 Å². The van der Waals surface area contributed by atoms with Crippen LogP contribution < -0.4 is 5.32 Å². The molecule has 0 saturated heterocycles. The van der Waals surface area contributed by atoms with E-state index in [1.54, 1.807) is 0 Å². The molecule has 0 aromatic heterocycles. The molecule has 0 bridgehead atoms. The largest absolute Gasteiger partial charge is 0.392 e. The van der Waals surface area contributed by atoms with E-state index in [9.17, 15) is 9.90 Å². The Labute approximate surface area is 132 Å². The van der Waals surface area contributed by atoms with Crippen molar-refractivity contribution in [1.29, 1.82) is 0 Å². The summed E-state index contributed by atoms with van der Waals surface area (Å²) < 4.78 is 0. The standard InChI is InChI=1S/C19H23NO2/c1-14-9-15(2)11-16(10-14)7-8-19(22)20-12-17-5-3-4-6-18(17)13-21/h3-6,9-11,21H,7-8,12-13H2,1-2H3,(H,20,22). The second kappa shape index (κ2) is 7.76. The fraction of sp³-hybridized carbons (Fsp3) is 0.316. The lowest BCUT2D eigenvalue weighted by atomic mass is 10.0. The minimum absolute atomic E-state index is 0.00534. The lowest BCUT2D eigenvalue weighted by Gasteiger charge is -2.09. The van der Waals surface area contributed by atoms with Gasteiger partial charge < -0.3 is 10.4 Å². The van der Waals surface area contributed by atoms with Gasteiger partial charge >= 0.3 is 0 Å². The van der Waals surface area contributed by atoms with Gasteiger partial charge in [0.25, 0.3) is 0 Å². The number of aryl methyl sites for hydroxylation is 3. The predicted molar refractivity (Wildman–Crippen MR) is 88.4 cm³/mol. The first kappa shape index (κ1) is 16.2. The minimum atomic E-state index is -0.00534. The number of amides is 1. The molecule has 0 aliphatic rings. The third kappa shape index (κ3) is 4.71. The number of nitrogens with one attached hydrogen (secondary N) is 1. The lowest BCUT2D eigenvalue weighted by molar-refractivity contribution is -0.121. The van der Waals surface area contributed by atoms with E-state index in [1.165, 1.54) is 16.7 Å². The SMILES string of the molecule is Cc1cc(C)cc(CCC(=O)NCc2ccccc2CO)c1. The Hall–Kier alpha value is -2.13. The summed E-state index contributed by atoms with van der Waals surface area (Å²) in [5, 5.41) is 12.2. The molecule has 116 valence electrons. The van der Waals surface area contributed by atoms with Crippen LogP contribution in [0.25, 0.3) is 0 Å². The van der Waals surface area contributed by atoms with Crippen molar-refractivity contribution < 1.29 is 9.90 Å². The number of rotatable bonds is 6. The number of aliphatic hydroxyl groups excluding tert-OH is 1. The van der Waals surface area contributed by atoms with Gasteiger partial charge in [-0.3, -0.25) is 4.79 Å². The Bertz CT molecular complexity index is 629. The molecule has 0 spiro atoms. The smallest absolute Gasteiger partial charge is 0.220 e. The zero-order chi connectivity index (χ0) is 15.9. The van der Waals surface area contributed by atoms with E-state index in [4.69, 9.17) is 0 Å². The van der Waals surface area contributed by atoms with Crippen molar-refractivity contribution in [3.63, 3.8) is 0 Å². The molecular weight excluding hydrogens is 274 g/mol. The van der Waals surface area contributed by atoms with E-state index in [1.807, 2.05) is 24.3 Å². The average molecular weight is 297 g/mol. The summed E-state index contributed by atoms with van der Waals surface area (Å²) in [4.78, 5) is 12.0. The number of aliphatic hydroxyl groups is 1. The van der Waals surface area contributed by atoms with Crippen molar-refractivity contribution in [3.8, 4) is 0 Å². The van der Waals surface area contributed by atoms with E-state index in [2.05, 4.69) is 37.4 Å². The number of carbonyl (C=O) groups excluding carboxylic acids is 1. The van der Waals surface area contributed by atoms with Crippen LogP contribution in [-0.2, 0) is 24.4 Å². The number of carbonyl (C=O) groups is 1. The van der Waals surface area contributed by atoms with Crippen LogP contribution in [-0.4, -0.2) is 11.0 Å². The fourth-order valence-corrected chi connectivity index (χ4v) is 2.64. The number of benzene rings is 2. The van der Waals surface area contributed by atoms with Crippen molar-refractivity contribution in [2.24, 2.45) is 0 Å². The highest BCUT2D eigenvalue weighted by molar-refractivity contribution is 5.76. The third-order valence-electron chi connectivity index (χ3n) is 3.69. The normalized spacial score (nSPS) is 10.5. The van der Waals surface area contributed by atoms with Crippen molar-refractivity contribution in [2.45, 2.75) is 39.8 Å². The fourth-order valence-electron chi connectivity index (χ4n) is 2.64. The quantitative estimate of drug-likeness (QED) is 0.861. The van der Waals surface area contributed by atoms with Crippen molar-refractivity contribution >= 4 is 5.91 Å². The van der Waals surface area contributed by atoms with Gasteiger partial charge in [0.05, 0.1) is 6.61 Å². The average Bonchev–Trinajstić information content (AvgIpc) is 2.50. The molecule has 2 N–H and O–H groups in total. The third-order valence-corrected chi connectivity index (χ3v) is 3.69. The Kier molecular flexibility index (Phi) is 5.73. The van der Waals surface area contributed by atoms with Gasteiger partial charge in [0.2, 0.25) is 5.91 Å². The van der Waals surface area contributed by atoms with Gasteiger partial charge in [-0.2, -0.15) is 0 Å². The van der Waals surface area contributed by atoms with Crippen LogP contribution in [0.5, 0.6) is 0 Å². The first-order valence-electron chi connectivity index (χ1n) is 7.60. The zero-order valence-electron chi connectivity index (χ0n) is 13.2. The highest BCUT2D eigenvalue weighted by Gasteiger charge is 2.05. The van der Waals surface area contributed by atoms with Gasteiger partial charge in [-0.05, 0) is 37.0 Å². The maximum atomic E-state index is 12.0. The van der Waals surface area contributed by atoms with Crippen LogP contribution in [0, 0.1) is 13.8 Å². The predicted octanol–water partition coefficient (Wildman–Crippen LogP) is 3.04. The number of hydrogen-bond acceptors (Lipinski definition) is 2. The highest BCUT2D eigenvalue weighted by atomic mass is 16.3. The van der Waals surface area contributed by atoms with Gasteiger partial charge in [0, 0.05) is 13.0 Å². The van der Waals surface area contributed by atoms with Crippen LogP contribution in [0.2, 0.25) is 0 Å². The summed E-state index contributed by atoms with van der Waals surface area (Å²) in [7, 11) is 0. The van der Waals surface area contributed by atoms with E-state index in [0.29, 0.717) is 13.0 Å². The minimum Gasteiger partial charge on any atom is -0.392 e.